The predicted octanol–water partition coefficient (Wildman–Crippen LogP) is 0.922. The molecule has 3 aromatic rings. The van der Waals surface area contributed by atoms with Crippen molar-refractivity contribution in [2.24, 2.45) is 14.1 Å². The van der Waals surface area contributed by atoms with Crippen LogP contribution < -0.4 is 20.7 Å². The standard InChI is InChI=1S/C20H22N4O5/c1-22(11-12-7-6-8-15(28-4)16(12)29-5)18(25)13-9-14-17(21-10-13)23(2)20(27)24(3)19(14)26/h6-10H,11H2,1-5H3. The van der Waals surface area contributed by atoms with Gasteiger partial charge in [0.1, 0.15) is 5.65 Å². The number of aromatic nitrogens is 3. The van der Waals surface area contributed by atoms with Gasteiger partial charge in [0.05, 0.1) is 25.2 Å². The Morgan fingerprint density at radius 1 is 1.14 bits per heavy atom. The average Bonchev–Trinajstić information content (AvgIpc) is 2.74. The summed E-state index contributed by atoms with van der Waals surface area (Å²) in [5.74, 6) is 0.804. The zero-order valence-corrected chi connectivity index (χ0v) is 16.9. The van der Waals surface area contributed by atoms with Crippen LogP contribution in [0.25, 0.3) is 11.0 Å². The quantitative estimate of drug-likeness (QED) is 0.634. The molecule has 0 saturated carbocycles. The van der Waals surface area contributed by atoms with Crippen LogP contribution in [0.4, 0.5) is 0 Å². The van der Waals surface area contributed by atoms with E-state index in [0.29, 0.717) is 11.5 Å². The van der Waals surface area contributed by atoms with Crippen LogP contribution in [-0.2, 0) is 20.6 Å². The zero-order valence-electron chi connectivity index (χ0n) is 16.9. The Hall–Kier alpha value is -3.62. The first kappa shape index (κ1) is 20.1. The summed E-state index contributed by atoms with van der Waals surface area (Å²) >= 11 is 0. The topological polar surface area (TPSA) is 95.7 Å². The van der Waals surface area contributed by atoms with Gasteiger partial charge in [-0.1, -0.05) is 12.1 Å². The molecule has 29 heavy (non-hydrogen) atoms. The Balaban J connectivity index is 1.98. The fraction of sp³-hybridized carbons (Fsp3) is 0.300. The lowest BCUT2D eigenvalue weighted by Gasteiger charge is -2.20. The highest BCUT2D eigenvalue weighted by Crippen LogP contribution is 2.31. The SMILES string of the molecule is COc1cccc(CN(C)C(=O)c2cnc3c(c2)c(=O)n(C)c(=O)n3C)c1OC. The number of ether oxygens (including phenoxy) is 2. The summed E-state index contributed by atoms with van der Waals surface area (Å²) in [6, 6.07) is 6.90. The van der Waals surface area contributed by atoms with Crippen LogP contribution >= 0.6 is 0 Å². The number of carbonyl (C=O) groups excluding carboxylic acids is 1. The fourth-order valence-corrected chi connectivity index (χ4v) is 3.21. The van der Waals surface area contributed by atoms with Crippen LogP contribution in [0.3, 0.4) is 0 Å². The number of carbonyl (C=O) groups is 1. The molecule has 0 aliphatic heterocycles. The van der Waals surface area contributed by atoms with Crippen LogP contribution in [0.15, 0.2) is 40.1 Å². The van der Waals surface area contributed by atoms with Gasteiger partial charge in [-0.25, -0.2) is 9.78 Å². The van der Waals surface area contributed by atoms with Crippen LogP contribution in [0, 0.1) is 0 Å². The molecule has 0 saturated heterocycles. The molecule has 0 N–H and O–H groups in total. The highest BCUT2D eigenvalue weighted by molar-refractivity contribution is 5.96. The van der Waals surface area contributed by atoms with E-state index in [1.807, 2.05) is 12.1 Å². The minimum Gasteiger partial charge on any atom is -0.493 e. The molecule has 0 fully saturated rings. The minimum absolute atomic E-state index is 0.202. The van der Waals surface area contributed by atoms with Crippen molar-refractivity contribution in [3.63, 3.8) is 0 Å². The van der Waals surface area contributed by atoms with Crippen molar-refractivity contribution in [2.75, 3.05) is 21.3 Å². The third kappa shape index (κ3) is 3.46. The second kappa shape index (κ2) is 7.78. The van der Waals surface area contributed by atoms with Gasteiger partial charge in [-0.3, -0.25) is 18.7 Å². The van der Waals surface area contributed by atoms with Crippen LogP contribution in [-0.4, -0.2) is 46.2 Å². The van der Waals surface area contributed by atoms with E-state index < -0.39 is 11.2 Å². The van der Waals surface area contributed by atoms with Crippen molar-refractivity contribution in [1.29, 1.82) is 0 Å². The molecule has 0 radical (unpaired) electrons. The molecule has 2 heterocycles. The van der Waals surface area contributed by atoms with Gasteiger partial charge in [0, 0.05) is 39.4 Å². The van der Waals surface area contributed by atoms with E-state index in [1.54, 1.807) is 20.2 Å². The molecule has 0 unspecified atom stereocenters. The van der Waals surface area contributed by atoms with Crippen LogP contribution in [0.2, 0.25) is 0 Å². The summed E-state index contributed by atoms with van der Waals surface area (Å²) in [6.45, 7) is 0.266. The van der Waals surface area contributed by atoms with Gasteiger partial charge in [0.2, 0.25) is 0 Å². The zero-order chi connectivity index (χ0) is 21.3. The van der Waals surface area contributed by atoms with E-state index in [-0.39, 0.29) is 29.0 Å². The second-order valence-corrected chi connectivity index (χ2v) is 6.61. The number of pyridine rings is 1. The Labute approximate surface area is 166 Å². The van der Waals surface area contributed by atoms with Crippen molar-refractivity contribution in [3.05, 3.63) is 62.4 Å². The maximum Gasteiger partial charge on any atom is 0.332 e. The van der Waals surface area contributed by atoms with E-state index in [2.05, 4.69) is 4.98 Å². The number of fused-ring (bicyclic) bond motifs is 1. The number of benzene rings is 1. The molecule has 0 aliphatic rings. The summed E-state index contributed by atoms with van der Waals surface area (Å²) < 4.78 is 13.0. The monoisotopic (exact) mass is 398 g/mol. The fourth-order valence-electron chi connectivity index (χ4n) is 3.21. The normalized spacial score (nSPS) is 10.8. The van der Waals surface area contributed by atoms with Crippen molar-refractivity contribution >= 4 is 16.9 Å². The Kier molecular flexibility index (Phi) is 5.40. The van der Waals surface area contributed by atoms with Crippen molar-refractivity contribution in [1.82, 2.24) is 19.0 Å². The van der Waals surface area contributed by atoms with Gasteiger partial charge < -0.3 is 14.4 Å². The van der Waals surface area contributed by atoms with E-state index in [9.17, 15) is 14.4 Å². The molecule has 1 amide bonds. The summed E-state index contributed by atoms with van der Waals surface area (Å²) in [5, 5.41) is 0.202. The van der Waals surface area contributed by atoms with Crippen LogP contribution in [0.5, 0.6) is 11.5 Å². The van der Waals surface area contributed by atoms with Crippen LogP contribution in [0.1, 0.15) is 15.9 Å². The molecule has 9 nitrogen and oxygen atoms in total. The smallest absolute Gasteiger partial charge is 0.332 e. The summed E-state index contributed by atoms with van der Waals surface area (Å²) in [7, 11) is 7.64. The van der Waals surface area contributed by atoms with Gasteiger partial charge in [0.25, 0.3) is 11.5 Å². The number of rotatable bonds is 5. The Bertz CT molecular complexity index is 1210. The minimum atomic E-state index is -0.498. The number of aryl methyl sites for hydroxylation is 1. The molecule has 1 aromatic carbocycles. The third-order valence-corrected chi connectivity index (χ3v) is 4.78. The Morgan fingerprint density at radius 3 is 2.52 bits per heavy atom. The van der Waals surface area contributed by atoms with Gasteiger partial charge >= 0.3 is 5.69 Å². The Morgan fingerprint density at radius 2 is 1.86 bits per heavy atom. The molecular formula is C20H22N4O5. The molecule has 9 heteroatoms. The molecule has 152 valence electrons. The third-order valence-electron chi connectivity index (χ3n) is 4.78. The van der Waals surface area contributed by atoms with Gasteiger partial charge in [0.15, 0.2) is 11.5 Å². The van der Waals surface area contributed by atoms with Gasteiger partial charge in [-0.15, -0.1) is 0 Å². The lowest BCUT2D eigenvalue weighted by atomic mass is 10.1. The number of hydrogen-bond acceptors (Lipinski definition) is 6. The molecule has 2 aromatic heterocycles. The molecule has 3 rings (SSSR count). The maximum absolute atomic E-state index is 12.9. The van der Waals surface area contributed by atoms with E-state index in [4.69, 9.17) is 9.47 Å². The first-order chi connectivity index (χ1) is 13.8. The average molecular weight is 398 g/mol. The number of nitrogens with zero attached hydrogens (tertiary/aromatic N) is 4. The van der Waals surface area contributed by atoms with Gasteiger partial charge in [-0.2, -0.15) is 0 Å². The highest BCUT2D eigenvalue weighted by Gasteiger charge is 2.18. The molecular weight excluding hydrogens is 376 g/mol. The van der Waals surface area contributed by atoms with Crippen molar-refractivity contribution in [2.45, 2.75) is 6.54 Å². The second-order valence-electron chi connectivity index (χ2n) is 6.61. The lowest BCUT2D eigenvalue weighted by Crippen LogP contribution is -2.37. The van der Waals surface area contributed by atoms with E-state index in [0.717, 1.165) is 10.1 Å². The van der Waals surface area contributed by atoms with Gasteiger partial charge in [-0.05, 0) is 12.1 Å². The number of para-hydroxylation sites is 1. The highest BCUT2D eigenvalue weighted by atomic mass is 16.5. The molecule has 0 atom stereocenters. The van der Waals surface area contributed by atoms with E-state index in [1.165, 1.54) is 42.9 Å². The predicted molar refractivity (Wildman–Crippen MR) is 108 cm³/mol. The summed E-state index contributed by atoms with van der Waals surface area (Å²) in [4.78, 5) is 43.1. The van der Waals surface area contributed by atoms with Crippen molar-refractivity contribution < 1.29 is 14.3 Å². The maximum atomic E-state index is 12.9. The lowest BCUT2D eigenvalue weighted by molar-refractivity contribution is 0.0783. The first-order valence-corrected chi connectivity index (χ1v) is 8.81. The summed E-state index contributed by atoms with van der Waals surface area (Å²) in [5.41, 5.74) is 0.276. The van der Waals surface area contributed by atoms with Crippen molar-refractivity contribution in [3.8, 4) is 11.5 Å². The first-order valence-electron chi connectivity index (χ1n) is 8.81. The van der Waals surface area contributed by atoms with E-state index >= 15 is 0 Å². The molecule has 0 aliphatic carbocycles. The number of methoxy groups -OCH3 is 2. The number of amides is 1. The molecule has 0 spiro atoms. The summed E-state index contributed by atoms with van der Waals surface area (Å²) in [6.07, 6.45) is 1.36. The number of hydrogen-bond donors (Lipinski definition) is 0. The largest absolute Gasteiger partial charge is 0.493 e. The molecule has 0 bridgehead atoms.